The molecular formula is C17H23N3O. The normalized spacial score (nSPS) is 20.0. The van der Waals surface area contributed by atoms with E-state index in [9.17, 15) is 0 Å². The number of aromatic nitrogens is 1. The van der Waals surface area contributed by atoms with E-state index in [1.165, 1.54) is 12.0 Å². The molecule has 2 unspecified atom stereocenters. The average molecular weight is 285 g/mol. The van der Waals surface area contributed by atoms with Gasteiger partial charge in [0.2, 0.25) is 0 Å². The van der Waals surface area contributed by atoms with E-state index in [0.717, 1.165) is 36.2 Å². The first-order valence-electron chi connectivity index (χ1n) is 7.68. The van der Waals surface area contributed by atoms with Gasteiger partial charge in [0.1, 0.15) is 0 Å². The zero-order valence-corrected chi connectivity index (χ0v) is 12.5. The van der Waals surface area contributed by atoms with Crippen LogP contribution in [0, 0.1) is 6.92 Å². The van der Waals surface area contributed by atoms with Crippen molar-refractivity contribution in [1.82, 2.24) is 10.3 Å². The highest BCUT2D eigenvalue weighted by Crippen LogP contribution is 2.20. The van der Waals surface area contributed by atoms with E-state index in [2.05, 4.69) is 34.6 Å². The number of nitrogens with two attached hydrogens (primary N) is 1. The first-order valence-corrected chi connectivity index (χ1v) is 7.68. The van der Waals surface area contributed by atoms with Crippen molar-refractivity contribution in [2.24, 2.45) is 5.73 Å². The molecule has 0 amide bonds. The van der Waals surface area contributed by atoms with Crippen LogP contribution in [0.4, 0.5) is 0 Å². The Balaban J connectivity index is 1.74. The molecule has 0 aliphatic carbocycles. The summed E-state index contributed by atoms with van der Waals surface area (Å²) in [5, 5.41) is 4.70. The van der Waals surface area contributed by atoms with E-state index in [-0.39, 0.29) is 6.04 Å². The Bertz CT molecular complexity index is 608. The first-order chi connectivity index (χ1) is 10.3. The van der Waals surface area contributed by atoms with Gasteiger partial charge in [-0.2, -0.15) is 0 Å². The molecule has 2 atom stereocenters. The minimum atomic E-state index is 0.167. The van der Waals surface area contributed by atoms with E-state index in [4.69, 9.17) is 10.5 Å². The van der Waals surface area contributed by atoms with Crippen LogP contribution in [0.3, 0.4) is 0 Å². The van der Waals surface area contributed by atoms with Gasteiger partial charge in [-0.15, -0.1) is 0 Å². The van der Waals surface area contributed by atoms with Crippen molar-refractivity contribution in [2.75, 3.05) is 19.7 Å². The molecule has 0 spiro atoms. The maximum atomic E-state index is 5.94. The topological polar surface area (TPSA) is 60.2 Å². The Morgan fingerprint density at radius 2 is 2.29 bits per heavy atom. The van der Waals surface area contributed by atoms with Crippen LogP contribution in [-0.2, 0) is 4.74 Å². The smallest absolute Gasteiger partial charge is 0.0705 e. The van der Waals surface area contributed by atoms with Crippen molar-refractivity contribution < 1.29 is 4.74 Å². The molecule has 1 aromatic heterocycles. The molecule has 0 saturated carbocycles. The number of rotatable bonds is 5. The number of hydrogen-bond donors (Lipinski definition) is 2. The monoisotopic (exact) mass is 285 g/mol. The number of pyridine rings is 1. The summed E-state index contributed by atoms with van der Waals surface area (Å²) in [6.45, 7) is 4.35. The molecule has 4 heteroatoms. The Morgan fingerprint density at radius 1 is 1.38 bits per heavy atom. The highest BCUT2D eigenvalue weighted by Gasteiger charge is 2.17. The summed E-state index contributed by atoms with van der Waals surface area (Å²) in [6, 6.07) is 10.7. The molecule has 2 heterocycles. The summed E-state index contributed by atoms with van der Waals surface area (Å²) in [5.74, 6) is 0. The predicted molar refractivity (Wildman–Crippen MR) is 85.3 cm³/mol. The van der Waals surface area contributed by atoms with Crippen LogP contribution in [0.2, 0.25) is 0 Å². The number of fused-ring (bicyclic) bond motifs is 1. The van der Waals surface area contributed by atoms with E-state index in [1.54, 1.807) is 0 Å². The lowest BCUT2D eigenvalue weighted by Crippen LogP contribution is -2.34. The van der Waals surface area contributed by atoms with Crippen molar-refractivity contribution in [2.45, 2.75) is 31.9 Å². The standard InChI is InChI=1S/C17H23N3O/c1-12-4-5-13-9-14(6-7-16(13)20-12)17(10-18)19-11-15-3-2-8-21-15/h4-7,9,15,17,19H,2-3,8,10-11,18H2,1H3. The van der Waals surface area contributed by atoms with Crippen LogP contribution in [0.25, 0.3) is 10.9 Å². The fourth-order valence-corrected chi connectivity index (χ4v) is 2.88. The summed E-state index contributed by atoms with van der Waals surface area (Å²) in [4.78, 5) is 4.54. The highest BCUT2D eigenvalue weighted by atomic mass is 16.5. The Kier molecular flexibility index (Phi) is 4.48. The van der Waals surface area contributed by atoms with Gasteiger partial charge in [0.25, 0.3) is 0 Å². The fraction of sp³-hybridized carbons (Fsp3) is 0.471. The van der Waals surface area contributed by atoms with Crippen LogP contribution in [0.15, 0.2) is 30.3 Å². The number of ether oxygens (including phenoxy) is 1. The van der Waals surface area contributed by atoms with Crippen molar-refractivity contribution in [3.05, 3.63) is 41.6 Å². The summed E-state index contributed by atoms with van der Waals surface area (Å²) in [5.41, 5.74) is 9.23. The van der Waals surface area contributed by atoms with Gasteiger partial charge in [-0.3, -0.25) is 4.98 Å². The summed E-state index contributed by atoms with van der Waals surface area (Å²) in [7, 11) is 0. The van der Waals surface area contributed by atoms with Gasteiger partial charge in [-0.25, -0.2) is 0 Å². The van der Waals surface area contributed by atoms with Gasteiger partial charge < -0.3 is 15.8 Å². The third-order valence-corrected chi connectivity index (χ3v) is 4.11. The van der Waals surface area contributed by atoms with Gasteiger partial charge in [0.15, 0.2) is 0 Å². The number of aryl methyl sites for hydroxylation is 1. The van der Waals surface area contributed by atoms with E-state index < -0.39 is 0 Å². The molecule has 2 aromatic rings. The molecule has 1 aromatic carbocycles. The van der Waals surface area contributed by atoms with E-state index in [1.807, 2.05) is 13.0 Å². The van der Waals surface area contributed by atoms with Crippen molar-refractivity contribution in [3.63, 3.8) is 0 Å². The predicted octanol–water partition coefficient (Wildman–Crippen LogP) is 2.31. The second kappa shape index (κ2) is 6.52. The lowest BCUT2D eigenvalue weighted by atomic mass is 10.0. The van der Waals surface area contributed by atoms with Crippen molar-refractivity contribution in [3.8, 4) is 0 Å². The fourth-order valence-electron chi connectivity index (χ4n) is 2.88. The van der Waals surface area contributed by atoms with E-state index >= 15 is 0 Å². The number of hydrogen-bond acceptors (Lipinski definition) is 4. The molecular weight excluding hydrogens is 262 g/mol. The highest BCUT2D eigenvalue weighted by molar-refractivity contribution is 5.79. The largest absolute Gasteiger partial charge is 0.377 e. The van der Waals surface area contributed by atoms with Gasteiger partial charge in [0.05, 0.1) is 11.6 Å². The number of nitrogens with one attached hydrogen (secondary N) is 1. The first kappa shape index (κ1) is 14.4. The maximum absolute atomic E-state index is 5.94. The number of nitrogens with zero attached hydrogens (tertiary/aromatic N) is 1. The molecule has 1 aliphatic heterocycles. The van der Waals surface area contributed by atoms with Crippen molar-refractivity contribution in [1.29, 1.82) is 0 Å². The molecule has 112 valence electrons. The molecule has 0 bridgehead atoms. The van der Waals surface area contributed by atoms with E-state index in [0.29, 0.717) is 12.6 Å². The quantitative estimate of drug-likeness (QED) is 0.885. The van der Waals surface area contributed by atoms with Gasteiger partial charge in [-0.05, 0) is 43.5 Å². The van der Waals surface area contributed by atoms with Crippen LogP contribution >= 0.6 is 0 Å². The number of benzene rings is 1. The minimum absolute atomic E-state index is 0.167. The maximum Gasteiger partial charge on any atom is 0.0705 e. The third kappa shape index (κ3) is 3.40. The second-order valence-corrected chi connectivity index (χ2v) is 5.74. The molecule has 21 heavy (non-hydrogen) atoms. The zero-order valence-electron chi connectivity index (χ0n) is 12.5. The molecule has 3 rings (SSSR count). The third-order valence-electron chi connectivity index (χ3n) is 4.11. The molecule has 0 radical (unpaired) electrons. The average Bonchev–Trinajstić information content (AvgIpc) is 3.01. The zero-order chi connectivity index (χ0) is 14.7. The van der Waals surface area contributed by atoms with Crippen LogP contribution in [0.5, 0.6) is 0 Å². The molecule has 1 aliphatic rings. The van der Waals surface area contributed by atoms with Crippen LogP contribution in [-0.4, -0.2) is 30.8 Å². The SMILES string of the molecule is Cc1ccc2cc(C(CN)NCC3CCCO3)ccc2n1. The lowest BCUT2D eigenvalue weighted by molar-refractivity contribution is 0.107. The molecule has 4 nitrogen and oxygen atoms in total. The second-order valence-electron chi connectivity index (χ2n) is 5.74. The summed E-state index contributed by atoms with van der Waals surface area (Å²) < 4.78 is 5.65. The lowest BCUT2D eigenvalue weighted by Gasteiger charge is -2.20. The van der Waals surface area contributed by atoms with Gasteiger partial charge in [-0.1, -0.05) is 12.1 Å². The molecule has 1 fully saturated rings. The Morgan fingerprint density at radius 3 is 3.05 bits per heavy atom. The Labute approximate surface area is 125 Å². The minimum Gasteiger partial charge on any atom is -0.377 e. The summed E-state index contributed by atoms with van der Waals surface area (Å²) >= 11 is 0. The Hall–Kier alpha value is -1.49. The molecule has 1 saturated heterocycles. The van der Waals surface area contributed by atoms with Gasteiger partial charge in [0, 0.05) is 36.8 Å². The van der Waals surface area contributed by atoms with Crippen molar-refractivity contribution >= 4 is 10.9 Å². The van der Waals surface area contributed by atoms with Gasteiger partial charge >= 0.3 is 0 Å². The van der Waals surface area contributed by atoms with Crippen LogP contribution in [0.1, 0.15) is 30.1 Å². The molecule has 3 N–H and O–H groups in total. The summed E-state index contributed by atoms with van der Waals surface area (Å²) in [6.07, 6.45) is 2.65. The van der Waals surface area contributed by atoms with Crippen LogP contribution < -0.4 is 11.1 Å².